The van der Waals surface area contributed by atoms with E-state index in [0.29, 0.717) is 12.0 Å². The van der Waals surface area contributed by atoms with E-state index < -0.39 is 11.6 Å². The van der Waals surface area contributed by atoms with E-state index in [1.165, 1.54) is 12.1 Å². The van der Waals surface area contributed by atoms with Crippen molar-refractivity contribution in [1.29, 1.82) is 0 Å². The molecule has 90 valence electrons. The number of nitrogens with one attached hydrogen (secondary N) is 1. The van der Waals surface area contributed by atoms with Gasteiger partial charge in [0.1, 0.15) is 11.6 Å². The predicted octanol–water partition coefficient (Wildman–Crippen LogP) is 2.39. The Kier molecular flexibility index (Phi) is 3.99. The lowest BCUT2D eigenvalue weighted by Crippen LogP contribution is -2.45. The lowest BCUT2D eigenvalue weighted by Gasteiger charge is -2.30. The number of hydrazine groups is 1. The summed E-state index contributed by atoms with van der Waals surface area (Å²) in [7, 11) is 0. The van der Waals surface area contributed by atoms with Crippen molar-refractivity contribution in [3.05, 3.63) is 35.4 Å². The highest BCUT2D eigenvalue weighted by Crippen LogP contribution is 2.23. The van der Waals surface area contributed by atoms with Crippen LogP contribution in [0, 0.1) is 17.0 Å². The fraction of sp³-hybridized carbons (Fsp3) is 0.500. The van der Waals surface area contributed by atoms with Gasteiger partial charge in [-0.2, -0.15) is 0 Å². The maximum atomic E-state index is 13.4. The first-order valence-electron chi connectivity index (χ1n) is 5.24. The van der Waals surface area contributed by atoms with Crippen LogP contribution < -0.4 is 11.3 Å². The van der Waals surface area contributed by atoms with Crippen molar-refractivity contribution in [1.82, 2.24) is 5.43 Å². The third kappa shape index (κ3) is 3.25. The molecular formula is C12H18F2N2. The summed E-state index contributed by atoms with van der Waals surface area (Å²) < 4.78 is 26.1. The zero-order chi connectivity index (χ0) is 12.3. The molecule has 0 saturated heterocycles. The van der Waals surface area contributed by atoms with Crippen LogP contribution in [0.1, 0.15) is 26.3 Å². The normalized spacial score (nSPS) is 13.9. The van der Waals surface area contributed by atoms with Gasteiger partial charge in [-0.25, -0.2) is 8.78 Å². The van der Waals surface area contributed by atoms with Crippen molar-refractivity contribution in [3.63, 3.8) is 0 Å². The monoisotopic (exact) mass is 228 g/mol. The van der Waals surface area contributed by atoms with E-state index in [9.17, 15) is 8.78 Å². The molecular weight excluding hydrogens is 210 g/mol. The van der Waals surface area contributed by atoms with Crippen LogP contribution in [0.5, 0.6) is 0 Å². The first-order chi connectivity index (χ1) is 7.34. The molecule has 3 N–H and O–H groups in total. The van der Waals surface area contributed by atoms with E-state index >= 15 is 0 Å². The smallest absolute Gasteiger partial charge is 0.129 e. The zero-order valence-corrected chi connectivity index (χ0v) is 9.85. The quantitative estimate of drug-likeness (QED) is 0.615. The van der Waals surface area contributed by atoms with Gasteiger partial charge >= 0.3 is 0 Å². The minimum absolute atomic E-state index is 0.0625. The Bertz CT molecular complexity index is 359. The fourth-order valence-electron chi connectivity index (χ4n) is 1.52. The van der Waals surface area contributed by atoms with Crippen LogP contribution in [0.4, 0.5) is 8.78 Å². The van der Waals surface area contributed by atoms with Crippen molar-refractivity contribution in [2.45, 2.75) is 33.2 Å². The first-order valence-corrected chi connectivity index (χ1v) is 5.24. The summed E-state index contributed by atoms with van der Waals surface area (Å²) in [5, 5.41) is 0. The average Bonchev–Trinajstić information content (AvgIpc) is 2.14. The SMILES string of the molecule is CC(C)(C)C(Cc1ccc(F)cc1F)NN. The van der Waals surface area contributed by atoms with Crippen LogP contribution in [0.3, 0.4) is 0 Å². The molecule has 0 aliphatic rings. The van der Waals surface area contributed by atoms with Crippen molar-refractivity contribution >= 4 is 0 Å². The molecule has 1 atom stereocenters. The largest absolute Gasteiger partial charge is 0.271 e. The summed E-state index contributed by atoms with van der Waals surface area (Å²) in [6.07, 6.45) is 0.437. The van der Waals surface area contributed by atoms with Gasteiger partial charge in [-0.05, 0) is 23.5 Å². The third-order valence-electron chi connectivity index (χ3n) is 2.69. The molecule has 1 aromatic rings. The highest BCUT2D eigenvalue weighted by molar-refractivity contribution is 5.20. The van der Waals surface area contributed by atoms with Gasteiger partial charge in [0.15, 0.2) is 0 Å². The van der Waals surface area contributed by atoms with Crippen molar-refractivity contribution in [2.75, 3.05) is 0 Å². The van der Waals surface area contributed by atoms with Crippen molar-refractivity contribution < 1.29 is 8.78 Å². The molecule has 0 spiro atoms. The second-order valence-corrected chi connectivity index (χ2v) is 5.03. The van der Waals surface area contributed by atoms with E-state index in [4.69, 9.17) is 5.84 Å². The van der Waals surface area contributed by atoms with Gasteiger partial charge in [0.25, 0.3) is 0 Å². The molecule has 0 heterocycles. The summed E-state index contributed by atoms with van der Waals surface area (Å²) in [6, 6.07) is 3.55. The summed E-state index contributed by atoms with van der Waals surface area (Å²) in [5.41, 5.74) is 3.06. The van der Waals surface area contributed by atoms with E-state index in [2.05, 4.69) is 5.43 Å². The van der Waals surface area contributed by atoms with Crippen LogP contribution in [0.15, 0.2) is 18.2 Å². The minimum Gasteiger partial charge on any atom is -0.271 e. The van der Waals surface area contributed by atoms with Gasteiger partial charge in [0, 0.05) is 12.1 Å². The molecule has 4 heteroatoms. The van der Waals surface area contributed by atoms with Crippen LogP contribution in [0.2, 0.25) is 0 Å². The first kappa shape index (κ1) is 13.1. The molecule has 1 rings (SSSR count). The number of benzene rings is 1. The number of rotatable bonds is 3. The Morgan fingerprint density at radius 1 is 1.31 bits per heavy atom. The van der Waals surface area contributed by atoms with Crippen LogP contribution in [0.25, 0.3) is 0 Å². The number of nitrogens with two attached hydrogens (primary N) is 1. The molecule has 2 nitrogen and oxygen atoms in total. The standard InChI is InChI=1S/C12H18F2N2/c1-12(2,3)11(16-15)6-8-4-5-9(13)7-10(8)14/h4-5,7,11,16H,6,15H2,1-3H3. The molecule has 1 unspecified atom stereocenters. The summed E-state index contributed by atoms with van der Waals surface area (Å²) in [5.74, 6) is 4.36. The van der Waals surface area contributed by atoms with Crippen LogP contribution in [-0.4, -0.2) is 6.04 Å². The van der Waals surface area contributed by atoms with E-state index in [1.54, 1.807) is 0 Å². The Balaban J connectivity index is 2.86. The minimum atomic E-state index is -0.561. The second kappa shape index (κ2) is 4.89. The summed E-state index contributed by atoms with van der Waals surface area (Å²) in [6.45, 7) is 6.04. The van der Waals surface area contributed by atoms with Gasteiger partial charge in [0.05, 0.1) is 0 Å². The van der Waals surface area contributed by atoms with E-state index in [-0.39, 0.29) is 11.5 Å². The summed E-state index contributed by atoms with van der Waals surface area (Å²) in [4.78, 5) is 0. The number of hydrogen-bond acceptors (Lipinski definition) is 2. The van der Waals surface area contributed by atoms with Gasteiger partial charge in [-0.15, -0.1) is 0 Å². The molecule has 0 aliphatic carbocycles. The molecule has 0 amide bonds. The number of halogens is 2. The molecule has 0 aromatic heterocycles. The Hall–Kier alpha value is -1.00. The van der Waals surface area contributed by atoms with Crippen molar-refractivity contribution in [2.24, 2.45) is 11.3 Å². The highest BCUT2D eigenvalue weighted by atomic mass is 19.1. The molecule has 1 aromatic carbocycles. The Morgan fingerprint density at radius 3 is 2.38 bits per heavy atom. The van der Waals surface area contributed by atoms with Gasteiger partial charge < -0.3 is 0 Å². The molecule has 0 radical (unpaired) electrons. The highest BCUT2D eigenvalue weighted by Gasteiger charge is 2.24. The van der Waals surface area contributed by atoms with Gasteiger partial charge in [0.2, 0.25) is 0 Å². The average molecular weight is 228 g/mol. The predicted molar refractivity (Wildman–Crippen MR) is 60.6 cm³/mol. The molecule has 0 aliphatic heterocycles. The van der Waals surface area contributed by atoms with Crippen LogP contribution >= 0.6 is 0 Å². The van der Waals surface area contributed by atoms with Crippen LogP contribution in [-0.2, 0) is 6.42 Å². The second-order valence-electron chi connectivity index (χ2n) is 5.03. The lowest BCUT2D eigenvalue weighted by atomic mass is 9.83. The maximum Gasteiger partial charge on any atom is 0.129 e. The molecule has 0 saturated carbocycles. The van der Waals surface area contributed by atoms with E-state index in [1.807, 2.05) is 20.8 Å². The topological polar surface area (TPSA) is 38.0 Å². The fourth-order valence-corrected chi connectivity index (χ4v) is 1.52. The summed E-state index contributed by atoms with van der Waals surface area (Å²) >= 11 is 0. The molecule has 16 heavy (non-hydrogen) atoms. The molecule has 0 fully saturated rings. The van der Waals surface area contributed by atoms with Gasteiger partial charge in [-0.1, -0.05) is 26.8 Å². The molecule has 0 bridgehead atoms. The third-order valence-corrected chi connectivity index (χ3v) is 2.69. The Morgan fingerprint density at radius 2 is 1.94 bits per heavy atom. The van der Waals surface area contributed by atoms with Crippen molar-refractivity contribution in [3.8, 4) is 0 Å². The number of hydrogen-bond donors (Lipinski definition) is 2. The lowest BCUT2D eigenvalue weighted by molar-refractivity contribution is 0.267. The van der Waals surface area contributed by atoms with E-state index in [0.717, 1.165) is 6.07 Å². The Labute approximate surface area is 94.8 Å². The van der Waals surface area contributed by atoms with Gasteiger partial charge in [-0.3, -0.25) is 11.3 Å². The maximum absolute atomic E-state index is 13.4. The zero-order valence-electron chi connectivity index (χ0n) is 9.85.